The topological polar surface area (TPSA) is 32.7 Å². The van der Waals surface area contributed by atoms with E-state index in [1.165, 1.54) is 13.0 Å². The third-order valence-corrected chi connectivity index (χ3v) is 4.24. The minimum atomic E-state index is -0.395. The monoisotopic (exact) mass is 227 g/mol. The number of aliphatic hydroxyl groups is 1. The molecule has 0 saturated carbocycles. The van der Waals surface area contributed by atoms with E-state index in [1.54, 1.807) is 0 Å². The van der Waals surface area contributed by atoms with Crippen LogP contribution in [0.2, 0.25) is 0 Å². The Labute approximate surface area is 98.8 Å². The Morgan fingerprint density at radius 2 is 1.88 bits per heavy atom. The lowest BCUT2D eigenvalue weighted by Gasteiger charge is -2.44. The van der Waals surface area contributed by atoms with E-state index in [9.17, 15) is 5.11 Å². The third kappa shape index (κ3) is 2.76. The van der Waals surface area contributed by atoms with Gasteiger partial charge < -0.3 is 14.7 Å². The van der Waals surface area contributed by atoms with Crippen molar-refractivity contribution in [3.63, 3.8) is 0 Å². The molecular formula is C13H25NO2. The Bertz CT molecular complexity index is 206. The van der Waals surface area contributed by atoms with Gasteiger partial charge in [0.25, 0.3) is 0 Å². The minimum absolute atomic E-state index is 0.395. The maximum absolute atomic E-state index is 10.7. The molecule has 0 aromatic rings. The van der Waals surface area contributed by atoms with Crippen molar-refractivity contribution in [1.82, 2.24) is 4.90 Å². The fourth-order valence-corrected chi connectivity index (χ4v) is 3.12. The largest absolute Gasteiger partial charge is 0.389 e. The molecule has 1 N–H and O–H groups in total. The van der Waals surface area contributed by atoms with Crippen molar-refractivity contribution in [2.24, 2.45) is 5.92 Å². The van der Waals surface area contributed by atoms with Gasteiger partial charge in [0, 0.05) is 26.3 Å². The molecule has 2 fully saturated rings. The van der Waals surface area contributed by atoms with Gasteiger partial charge in [0.2, 0.25) is 0 Å². The van der Waals surface area contributed by atoms with Gasteiger partial charge in [0.15, 0.2) is 0 Å². The van der Waals surface area contributed by atoms with Crippen LogP contribution in [-0.4, -0.2) is 48.5 Å². The normalized spacial score (nSPS) is 28.1. The lowest BCUT2D eigenvalue weighted by atomic mass is 9.75. The lowest BCUT2D eigenvalue weighted by Crippen LogP contribution is -2.50. The number of nitrogens with zero attached hydrogens (tertiary/aromatic N) is 1. The van der Waals surface area contributed by atoms with Gasteiger partial charge in [-0.2, -0.15) is 0 Å². The molecule has 0 aromatic heterocycles. The Kier molecular flexibility index (Phi) is 4.22. The summed E-state index contributed by atoms with van der Waals surface area (Å²) in [5.41, 5.74) is -0.395. The molecule has 2 aliphatic heterocycles. The molecule has 2 heterocycles. The van der Waals surface area contributed by atoms with Gasteiger partial charge >= 0.3 is 0 Å². The average molecular weight is 227 g/mol. The van der Waals surface area contributed by atoms with E-state index in [1.807, 2.05) is 0 Å². The molecule has 2 saturated heterocycles. The number of ether oxygens (including phenoxy) is 1. The average Bonchev–Trinajstić information content (AvgIpc) is 2.34. The van der Waals surface area contributed by atoms with Crippen LogP contribution in [0.15, 0.2) is 0 Å². The van der Waals surface area contributed by atoms with E-state index < -0.39 is 5.60 Å². The van der Waals surface area contributed by atoms with Crippen molar-refractivity contribution in [2.45, 2.75) is 44.6 Å². The summed E-state index contributed by atoms with van der Waals surface area (Å²) in [5, 5.41) is 10.7. The Balaban J connectivity index is 1.84. The summed E-state index contributed by atoms with van der Waals surface area (Å²) >= 11 is 0. The van der Waals surface area contributed by atoms with Crippen molar-refractivity contribution in [1.29, 1.82) is 0 Å². The van der Waals surface area contributed by atoms with Crippen LogP contribution in [-0.2, 0) is 4.74 Å². The number of rotatable bonds is 3. The molecule has 0 atom stereocenters. The van der Waals surface area contributed by atoms with Crippen molar-refractivity contribution < 1.29 is 9.84 Å². The van der Waals surface area contributed by atoms with Crippen molar-refractivity contribution >= 4 is 0 Å². The Morgan fingerprint density at radius 3 is 2.44 bits per heavy atom. The van der Waals surface area contributed by atoms with Crippen LogP contribution in [0.1, 0.15) is 39.0 Å². The summed E-state index contributed by atoms with van der Waals surface area (Å²) in [4.78, 5) is 2.48. The smallest absolute Gasteiger partial charge is 0.0701 e. The van der Waals surface area contributed by atoms with Gasteiger partial charge in [-0.25, -0.2) is 0 Å². The summed E-state index contributed by atoms with van der Waals surface area (Å²) in [6.45, 7) is 7.23. The summed E-state index contributed by atoms with van der Waals surface area (Å²) in [6, 6.07) is 0. The molecule has 0 unspecified atom stereocenters. The Hall–Kier alpha value is -0.120. The molecule has 0 amide bonds. The first-order valence-electron chi connectivity index (χ1n) is 6.77. The van der Waals surface area contributed by atoms with Crippen LogP contribution in [0, 0.1) is 5.92 Å². The molecule has 0 radical (unpaired) electrons. The van der Waals surface area contributed by atoms with Crippen LogP contribution in [0.5, 0.6) is 0 Å². The molecule has 0 spiro atoms. The lowest BCUT2D eigenvalue weighted by molar-refractivity contribution is -0.0980. The minimum Gasteiger partial charge on any atom is -0.389 e. The second-order valence-electron chi connectivity index (χ2n) is 5.33. The maximum atomic E-state index is 10.7. The summed E-state index contributed by atoms with van der Waals surface area (Å²) in [5.74, 6) is 0.477. The van der Waals surface area contributed by atoms with Gasteiger partial charge in [-0.15, -0.1) is 0 Å². The molecular weight excluding hydrogens is 202 g/mol. The van der Waals surface area contributed by atoms with Gasteiger partial charge in [-0.1, -0.05) is 6.92 Å². The highest BCUT2D eigenvalue weighted by Gasteiger charge is 2.39. The quantitative estimate of drug-likeness (QED) is 0.796. The zero-order chi connectivity index (χ0) is 11.4. The van der Waals surface area contributed by atoms with Crippen LogP contribution < -0.4 is 0 Å². The maximum Gasteiger partial charge on any atom is 0.0701 e. The van der Waals surface area contributed by atoms with Gasteiger partial charge in [0.05, 0.1) is 5.60 Å². The standard InChI is InChI=1S/C13H25NO2/c1-2-7-14-8-5-13(15,6-9-14)12-3-10-16-11-4-12/h12,15H,2-11H2,1H3. The predicted octanol–water partition coefficient (Wildman–Crippen LogP) is 1.65. The number of likely N-dealkylation sites (tertiary alicyclic amines) is 1. The van der Waals surface area contributed by atoms with E-state index in [0.717, 1.165) is 52.0 Å². The molecule has 0 aromatic carbocycles. The van der Waals surface area contributed by atoms with Gasteiger partial charge in [-0.05, 0) is 44.6 Å². The highest BCUT2D eigenvalue weighted by Crippen LogP contribution is 2.35. The van der Waals surface area contributed by atoms with E-state index in [4.69, 9.17) is 4.74 Å². The number of hydrogen-bond acceptors (Lipinski definition) is 3. The van der Waals surface area contributed by atoms with Gasteiger partial charge in [0.1, 0.15) is 0 Å². The Morgan fingerprint density at radius 1 is 1.25 bits per heavy atom. The van der Waals surface area contributed by atoms with Crippen LogP contribution in [0.3, 0.4) is 0 Å². The first-order valence-corrected chi connectivity index (χ1v) is 6.77. The van der Waals surface area contributed by atoms with Gasteiger partial charge in [-0.3, -0.25) is 0 Å². The summed E-state index contributed by atoms with van der Waals surface area (Å²) in [6.07, 6.45) is 5.22. The van der Waals surface area contributed by atoms with E-state index in [-0.39, 0.29) is 0 Å². The van der Waals surface area contributed by atoms with Crippen molar-refractivity contribution in [3.05, 3.63) is 0 Å². The van der Waals surface area contributed by atoms with Crippen molar-refractivity contribution in [3.8, 4) is 0 Å². The van der Waals surface area contributed by atoms with Crippen LogP contribution >= 0.6 is 0 Å². The second-order valence-corrected chi connectivity index (χ2v) is 5.33. The fraction of sp³-hybridized carbons (Fsp3) is 1.00. The SMILES string of the molecule is CCCN1CCC(O)(C2CCOCC2)CC1. The zero-order valence-corrected chi connectivity index (χ0v) is 10.5. The first-order chi connectivity index (χ1) is 7.74. The van der Waals surface area contributed by atoms with E-state index in [0.29, 0.717) is 5.92 Å². The zero-order valence-electron chi connectivity index (χ0n) is 10.5. The molecule has 0 aliphatic carbocycles. The van der Waals surface area contributed by atoms with Crippen LogP contribution in [0.4, 0.5) is 0 Å². The van der Waals surface area contributed by atoms with E-state index in [2.05, 4.69) is 11.8 Å². The molecule has 3 nitrogen and oxygen atoms in total. The molecule has 3 heteroatoms. The number of piperidine rings is 1. The molecule has 2 aliphatic rings. The molecule has 2 rings (SSSR count). The molecule has 0 bridgehead atoms. The highest BCUT2D eigenvalue weighted by atomic mass is 16.5. The highest BCUT2D eigenvalue weighted by molar-refractivity contribution is 4.92. The van der Waals surface area contributed by atoms with E-state index >= 15 is 0 Å². The second kappa shape index (κ2) is 5.48. The summed E-state index contributed by atoms with van der Waals surface area (Å²) < 4.78 is 5.37. The predicted molar refractivity (Wildman–Crippen MR) is 64.5 cm³/mol. The van der Waals surface area contributed by atoms with Crippen molar-refractivity contribution in [2.75, 3.05) is 32.8 Å². The third-order valence-electron chi connectivity index (χ3n) is 4.24. The molecule has 94 valence electrons. The summed E-state index contributed by atoms with van der Waals surface area (Å²) in [7, 11) is 0. The fourth-order valence-electron chi connectivity index (χ4n) is 3.12. The first kappa shape index (κ1) is 12.3. The van der Waals surface area contributed by atoms with Crippen LogP contribution in [0.25, 0.3) is 0 Å². The molecule has 16 heavy (non-hydrogen) atoms. The number of hydrogen-bond donors (Lipinski definition) is 1.